The minimum absolute atomic E-state index is 0.0645. The number of halogens is 2. The third-order valence-electron chi connectivity index (χ3n) is 4.91. The largest absolute Gasteiger partial charge is 0.452 e. The van der Waals surface area contributed by atoms with Crippen molar-refractivity contribution in [2.24, 2.45) is 0 Å². The molecule has 1 amide bonds. The van der Waals surface area contributed by atoms with Crippen molar-refractivity contribution in [3.8, 4) is 0 Å². The highest BCUT2D eigenvalue weighted by molar-refractivity contribution is 6.30. The number of carbonyl (C=O) groups is 2. The maximum atomic E-state index is 13.8. The number of aromatic nitrogens is 1. The number of benzene rings is 2. The van der Waals surface area contributed by atoms with Crippen molar-refractivity contribution >= 4 is 40.1 Å². The number of nitrogens with one attached hydrogen (secondary N) is 1. The molecule has 0 spiro atoms. The van der Waals surface area contributed by atoms with Crippen LogP contribution in [0.3, 0.4) is 0 Å². The van der Waals surface area contributed by atoms with Gasteiger partial charge in [-0.1, -0.05) is 29.8 Å². The Morgan fingerprint density at radius 1 is 1.14 bits per heavy atom. The SMILES string of the molecule is O=C(COC(=O)c1c2c(nc3ccccc13)CCCC2)Nc1cc(Cl)ccc1F. The van der Waals surface area contributed by atoms with E-state index in [0.29, 0.717) is 10.9 Å². The molecule has 0 bridgehead atoms. The number of pyridine rings is 1. The first-order valence-corrected chi connectivity index (χ1v) is 9.73. The molecule has 1 aliphatic carbocycles. The van der Waals surface area contributed by atoms with E-state index in [4.69, 9.17) is 16.3 Å². The van der Waals surface area contributed by atoms with Crippen LogP contribution in [0.4, 0.5) is 10.1 Å². The van der Waals surface area contributed by atoms with Gasteiger partial charge in [-0.25, -0.2) is 9.18 Å². The number of hydrogen-bond donors (Lipinski definition) is 1. The summed E-state index contributed by atoms with van der Waals surface area (Å²) in [6.07, 6.45) is 3.56. The first-order valence-electron chi connectivity index (χ1n) is 9.35. The van der Waals surface area contributed by atoms with Gasteiger partial charge in [-0.05, 0) is 55.5 Å². The van der Waals surface area contributed by atoms with Gasteiger partial charge in [0.05, 0.1) is 16.8 Å². The Bertz CT molecular complexity index is 1120. The fourth-order valence-electron chi connectivity index (χ4n) is 3.59. The van der Waals surface area contributed by atoms with Gasteiger partial charge in [-0.15, -0.1) is 0 Å². The second kappa shape index (κ2) is 8.17. The minimum Gasteiger partial charge on any atom is -0.452 e. The number of fused-ring (bicyclic) bond motifs is 2. The average Bonchev–Trinajstić information content (AvgIpc) is 2.73. The monoisotopic (exact) mass is 412 g/mol. The smallest absolute Gasteiger partial charge is 0.339 e. The first kappa shape index (κ1) is 19.3. The molecule has 4 rings (SSSR count). The quantitative estimate of drug-likeness (QED) is 0.630. The average molecular weight is 413 g/mol. The summed E-state index contributed by atoms with van der Waals surface area (Å²) in [5, 5.41) is 3.36. The van der Waals surface area contributed by atoms with Crippen LogP contribution in [-0.2, 0) is 22.4 Å². The third-order valence-corrected chi connectivity index (χ3v) is 5.15. The van der Waals surface area contributed by atoms with Crippen LogP contribution in [0.25, 0.3) is 10.9 Å². The molecule has 0 saturated heterocycles. The highest BCUT2D eigenvalue weighted by Gasteiger charge is 2.24. The molecule has 2 aromatic carbocycles. The molecule has 3 aromatic rings. The molecule has 7 heteroatoms. The van der Waals surface area contributed by atoms with E-state index in [2.05, 4.69) is 10.3 Å². The number of amides is 1. The number of nitrogens with zero attached hydrogens (tertiary/aromatic N) is 1. The summed E-state index contributed by atoms with van der Waals surface area (Å²) in [5.41, 5.74) is 2.93. The Kier molecular flexibility index (Phi) is 5.45. The lowest BCUT2D eigenvalue weighted by Crippen LogP contribution is -2.23. The van der Waals surface area contributed by atoms with Gasteiger partial charge in [0.15, 0.2) is 6.61 Å². The Morgan fingerprint density at radius 3 is 2.79 bits per heavy atom. The van der Waals surface area contributed by atoms with Gasteiger partial charge in [-0.3, -0.25) is 9.78 Å². The van der Waals surface area contributed by atoms with Crippen molar-refractivity contribution in [1.29, 1.82) is 0 Å². The molecule has 1 aromatic heterocycles. The van der Waals surface area contributed by atoms with Crippen molar-refractivity contribution in [3.63, 3.8) is 0 Å². The van der Waals surface area contributed by atoms with Crippen molar-refractivity contribution in [3.05, 3.63) is 70.1 Å². The first-order chi connectivity index (χ1) is 14.0. The predicted molar refractivity (Wildman–Crippen MR) is 109 cm³/mol. The molecule has 1 heterocycles. The molecule has 1 N–H and O–H groups in total. The molecule has 0 aliphatic heterocycles. The van der Waals surface area contributed by atoms with E-state index in [0.717, 1.165) is 48.5 Å². The fourth-order valence-corrected chi connectivity index (χ4v) is 3.76. The van der Waals surface area contributed by atoms with Gasteiger partial charge in [0.2, 0.25) is 0 Å². The molecule has 0 saturated carbocycles. The van der Waals surface area contributed by atoms with Gasteiger partial charge in [0, 0.05) is 16.1 Å². The zero-order chi connectivity index (χ0) is 20.4. The number of para-hydroxylation sites is 1. The second-order valence-corrected chi connectivity index (χ2v) is 7.32. The zero-order valence-electron chi connectivity index (χ0n) is 15.5. The summed E-state index contributed by atoms with van der Waals surface area (Å²) in [6, 6.07) is 11.2. The molecule has 148 valence electrons. The topological polar surface area (TPSA) is 68.3 Å². The Hall–Kier alpha value is -2.99. The molecule has 0 fully saturated rings. The van der Waals surface area contributed by atoms with E-state index in [9.17, 15) is 14.0 Å². The predicted octanol–water partition coefficient (Wildman–Crippen LogP) is 4.70. The summed E-state index contributed by atoms with van der Waals surface area (Å²) < 4.78 is 19.0. The van der Waals surface area contributed by atoms with Crippen LogP contribution in [0.15, 0.2) is 42.5 Å². The lowest BCUT2D eigenvalue weighted by atomic mass is 9.90. The number of ether oxygens (including phenoxy) is 1. The summed E-state index contributed by atoms with van der Waals surface area (Å²) in [6.45, 7) is -0.532. The number of hydrogen-bond acceptors (Lipinski definition) is 4. The van der Waals surface area contributed by atoms with Crippen molar-refractivity contribution in [2.45, 2.75) is 25.7 Å². The van der Waals surface area contributed by atoms with Crippen LogP contribution in [0, 0.1) is 5.82 Å². The number of aryl methyl sites for hydroxylation is 1. The van der Waals surface area contributed by atoms with Crippen LogP contribution in [0.1, 0.15) is 34.5 Å². The van der Waals surface area contributed by atoms with Crippen molar-refractivity contribution < 1.29 is 18.7 Å². The molecule has 0 radical (unpaired) electrons. The summed E-state index contributed by atoms with van der Waals surface area (Å²) in [5.74, 6) is -1.85. The lowest BCUT2D eigenvalue weighted by Gasteiger charge is -2.20. The van der Waals surface area contributed by atoms with Crippen LogP contribution >= 0.6 is 11.6 Å². The van der Waals surface area contributed by atoms with E-state index in [1.54, 1.807) is 0 Å². The molecular formula is C22H18ClFN2O3. The van der Waals surface area contributed by atoms with Gasteiger partial charge < -0.3 is 10.1 Å². The number of anilines is 1. The minimum atomic E-state index is -0.647. The van der Waals surface area contributed by atoms with Gasteiger partial charge in [0.25, 0.3) is 5.91 Å². The summed E-state index contributed by atoms with van der Waals surface area (Å²) in [7, 11) is 0. The Labute approximate surface area is 171 Å². The number of carbonyl (C=O) groups excluding carboxylic acids is 2. The second-order valence-electron chi connectivity index (χ2n) is 6.88. The van der Waals surface area contributed by atoms with E-state index in [1.165, 1.54) is 12.1 Å². The maximum Gasteiger partial charge on any atom is 0.339 e. The zero-order valence-corrected chi connectivity index (χ0v) is 16.3. The standard InChI is InChI=1S/C22H18ClFN2O3/c23-13-9-10-16(24)19(11-13)26-20(27)12-29-22(28)21-14-5-1-3-7-17(14)25-18-8-4-2-6-15(18)21/h1,3,5,7,9-11H,2,4,6,8,12H2,(H,26,27). The van der Waals surface area contributed by atoms with Crippen LogP contribution in [0.5, 0.6) is 0 Å². The molecule has 29 heavy (non-hydrogen) atoms. The Balaban J connectivity index is 1.55. The third kappa shape index (κ3) is 4.07. The normalized spacial score (nSPS) is 13.0. The number of rotatable bonds is 4. The van der Waals surface area contributed by atoms with Gasteiger partial charge >= 0.3 is 5.97 Å². The van der Waals surface area contributed by atoms with E-state index < -0.39 is 24.3 Å². The molecule has 1 aliphatic rings. The fraction of sp³-hybridized carbons (Fsp3) is 0.227. The maximum absolute atomic E-state index is 13.8. The summed E-state index contributed by atoms with van der Waals surface area (Å²) in [4.78, 5) is 29.7. The molecule has 5 nitrogen and oxygen atoms in total. The summed E-state index contributed by atoms with van der Waals surface area (Å²) >= 11 is 5.82. The highest BCUT2D eigenvalue weighted by atomic mass is 35.5. The Morgan fingerprint density at radius 2 is 1.93 bits per heavy atom. The van der Waals surface area contributed by atoms with E-state index in [1.807, 2.05) is 24.3 Å². The molecule has 0 atom stereocenters. The van der Waals surface area contributed by atoms with Gasteiger partial charge in [0.1, 0.15) is 5.82 Å². The number of esters is 1. The van der Waals surface area contributed by atoms with E-state index >= 15 is 0 Å². The van der Waals surface area contributed by atoms with Crippen molar-refractivity contribution in [1.82, 2.24) is 4.98 Å². The molecule has 0 unspecified atom stereocenters. The highest BCUT2D eigenvalue weighted by Crippen LogP contribution is 2.29. The lowest BCUT2D eigenvalue weighted by molar-refractivity contribution is -0.119. The van der Waals surface area contributed by atoms with E-state index in [-0.39, 0.29) is 10.7 Å². The molecular weight excluding hydrogens is 395 g/mol. The van der Waals surface area contributed by atoms with Crippen molar-refractivity contribution in [2.75, 3.05) is 11.9 Å². The van der Waals surface area contributed by atoms with Gasteiger partial charge in [-0.2, -0.15) is 0 Å². The van der Waals surface area contributed by atoms with Crippen LogP contribution < -0.4 is 5.32 Å². The van der Waals surface area contributed by atoms with Crippen LogP contribution in [0.2, 0.25) is 5.02 Å². The van der Waals surface area contributed by atoms with Crippen LogP contribution in [-0.4, -0.2) is 23.5 Å².